The van der Waals surface area contributed by atoms with Gasteiger partial charge in [-0.25, -0.2) is 0 Å². The highest BCUT2D eigenvalue weighted by molar-refractivity contribution is 5.51. The van der Waals surface area contributed by atoms with Crippen molar-refractivity contribution in [2.24, 2.45) is 0 Å². The second kappa shape index (κ2) is 2.90. The van der Waals surface area contributed by atoms with Crippen LogP contribution in [0.2, 0.25) is 0 Å². The van der Waals surface area contributed by atoms with Gasteiger partial charge < -0.3 is 5.73 Å². The van der Waals surface area contributed by atoms with Gasteiger partial charge in [0.1, 0.15) is 0 Å². The zero-order valence-electron chi connectivity index (χ0n) is 7.31. The normalized spacial score (nSPS) is 10.2. The van der Waals surface area contributed by atoms with Gasteiger partial charge in [0.25, 0.3) is 0 Å². The Bertz CT molecular complexity index is 406. The van der Waals surface area contributed by atoms with Crippen LogP contribution in [-0.4, -0.2) is 15.0 Å². The van der Waals surface area contributed by atoms with E-state index in [2.05, 4.69) is 10.2 Å². The molecule has 0 aliphatic rings. The molecular weight excluding hydrogens is 164 g/mol. The first-order valence-corrected chi connectivity index (χ1v) is 4.00. The van der Waals surface area contributed by atoms with E-state index in [9.17, 15) is 0 Å². The molecule has 66 valence electrons. The highest BCUT2D eigenvalue weighted by atomic mass is 15.5. The summed E-state index contributed by atoms with van der Waals surface area (Å²) in [5, 5.41) is 8.04. The minimum atomic E-state index is 0.788. The minimum absolute atomic E-state index is 0.788. The third kappa shape index (κ3) is 1.38. The van der Waals surface area contributed by atoms with E-state index in [1.807, 2.05) is 25.1 Å². The number of nitrogens with zero attached hydrogens (tertiary/aromatic N) is 3. The quantitative estimate of drug-likeness (QED) is 0.660. The molecule has 4 heteroatoms. The number of benzene rings is 1. The van der Waals surface area contributed by atoms with Crippen LogP contribution in [0.15, 0.2) is 30.6 Å². The van der Waals surface area contributed by atoms with Crippen molar-refractivity contribution in [3.63, 3.8) is 0 Å². The molecule has 0 amide bonds. The summed E-state index contributed by atoms with van der Waals surface area (Å²) >= 11 is 0. The van der Waals surface area contributed by atoms with Gasteiger partial charge in [-0.1, -0.05) is 0 Å². The summed E-state index contributed by atoms with van der Waals surface area (Å²) in [6.07, 6.45) is 3.29. The molecule has 1 aromatic heterocycles. The molecule has 0 aliphatic carbocycles. The molecule has 1 heterocycles. The van der Waals surface area contributed by atoms with E-state index < -0.39 is 0 Å². The molecule has 2 N–H and O–H groups in total. The summed E-state index contributed by atoms with van der Waals surface area (Å²) in [4.78, 5) is 1.56. The SMILES string of the molecule is Cc1cc(-n2nccn2)ccc1N. The molecule has 0 fully saturated rings. The van der Waals surface area contributed by atoms with Crippen LogP contribution in [0.25, 0.3) is 5.69 Å². The fourth-order valence-corrected chi connectivity index (χ4v) is 1.13. The van der Waals surface area contributed by atoms with Crippen molar-refractivity contribution in [1.29, 1.82) is 0 Å². The number of hydrogen-bond donors (Lipinski definition) is 1. The molecule has 13 heavy (non-hydrogen) atoms. The van der Waals surface area contributed by atoms with E-state index in [-0.39, 0.29) is 0 Å². The van der Waals surface area contributed by atoms with E-state index in [0.717, 1.165) is 16.9 Å². The van der Waals surface area contributed by atoms with E-state index in [0.29, 0.717) is 0 Å². The van der Waals surface area contributed by atoms with E-state index in [4.69, 9.17) is 5.73 Å². The molecular formula is C9H10N4. The number of aromatic nitrogens is 3. The second-order valence-corrected chi connectivity index (χ2v) is 2.86. The zero-order chi connectivity index (χ0) is 9.26. The van der Waals surface area contributed by atoms with E-state index >= 15 is 0 Å². The standard InChI is InChI=1S/C9H10N4/c1-7-6-8(2-3-9(7)10)13-11-4-5-12-13/h2-6H,10H2,1H3. The average Bonchev–Trinajstić information content (AvgIpc) is 2.62. The smallest absolute Gasteiger partial charge is 0.0860 e. The van der Waals surface area contributed by atoms with Gasteiger partial charge in [-0.3, -0.25) is 0 Å². The molecule has 4 nitrogen and oxygen atoms in total. The monoisotopic (exact) mass is 174 g/mol. The van der Waals surface area contributed by atoms with Crippen LogP contribution in [-0.2, 0) is 0 Å². The molecule has 1 aromatic carbocycles. The van der Waals surface area contributed by atoms with Crippen molar-refractivity contribution in [2.75, 3.05) is 5.73 Å². The molecule has 2 aromatic rings. The number of nitrogens with two attached hydrogens (primary N) is 1. The van der Waals surface area contributed by atoms with Gasteiger partial charge in [0.05, 0.1) is 18.1 Å². The highest BCUT2D eigenvalue weighted by Gasteiger charge is 1.99. The minimum Gasteiger partial charge on any atom is -0.399 e. The Morgan fingerprint density at radius 1 is 1.23 bits per heavy atom. The summed E-state index contributed by atoms with van der Waals surface area (Å²) in [6.45, 7) is 1.96. The van der Waals surface area contributed by atoms with Crippen molar-refractivity contribution in [3.05, 3.63) is 36.2 Å². The maximum atomic E-state index is 5.69. The third-order valence-corrected chi connectivity index (χ3v) is 1.90. The summed E-state index contributed by atoms with van der Waals surface area (Å²) in [5.74, 6) is 0. The maximum Gasteiger partial charge on any atom is 0.0860 e. The van der Waals surface area contributed by atoms with Crippen molar-refractivity contribution in [3.8, 4) is 5.69 Å². The molecule has 0 bridgehead atoms. The second-order valence-electron chi connectivity index (χ2n) is 2.86. The first-order valence-electron chi connectivity index (χ1n) is 4.00. The molecule has 0 aliphatic heterocycles. The molecule has 0 unspecified atom stereocenters. The molecule has 2 rings (SSSR count). The van der Waals surface area contributed by atoms with E-state index in [1.54, 1.807) is 17.2 Å². The van der Waals surface area contributed by atoms with Gasteiger partial charge in [-0.2, -0.15) is 15.0 Å². The number of hydrogen-bond acceptors (Lipinski definition) is 3. The Balaban J connectivity index is 2.49. The summed E-state index contributed by atoms with van der Waals surface area (Å²) in [5.41, 5.74) is 8.44. The van der Waals surface area contributed by atoms with Crippen molar-refractivity contribution in [1.82, 2.24) is 15.0 Å². The first-order chi connectivity index (χ1) is 6.27. The van der Waals surface area contributed by atoms with Crippen molar-refractivity contribution in [2.45, 2.75) is 6.92 Å². The van der Waals surface area contributed by atoms with Crippen molar-refractivity contribution >= 4 is 5.69 Å². The Hall–Kier alpha value is -1.84. The Labute approximate surface area is 76.0 Å². The van der Waals surface area contributed by atoms with Gasteiger partial charge >= 0.3 is 0 Å². The van der Waals surface area contributed by atoms with Crippen LogP contribution in [0, 0.1) is 6.92 Å². The Morgan fingerprint density at radius 2 is 1.92 bits per heavy atom. The van der Waals surface area contributed by atoms with Crippen LogP contribution in [0.4, 0.5) is 5.69 Å². The highest BCUT2D eigenvalue weighted by Crippen LogP contribution is 2.14. The fourth-order valence-electron chi connectivity index (χ4n) is 1.13. The van der Waals surface area contributed by atoms with Gasteiger partial charge in [-0.05, 0) is 30.7 Å². The lowest BCUT2D eigenvalue weighted by Gasteiger charge is -2.02. The van der Waals surface area contributed by atoms with Crippen molar-refractivity contribution < 1.29 is 0 Å². The molecule has 0 atom stereocenters. The zero-order valence-corrected chi connectivity index (χ0v) is 7.31. The number of rotatable bonds is 1. The average molecular weight is 174 g/mol. The van der Waals surface area contributed by atoms with Crippen LogP contribution in [0.3, 0.4) is 0 Å². The molecule has 0 saturated heterocycles. The fraction of sp³-hybridized carbons (Fsp3) is 0.111. The number of anilines is 1. The van der Waals surface area contributed by atoms with Gasteiger partial charge in [0.2, 0.25) is 0 Å². The topological polar surface area (TPSA) is 56.7 Å². The maximum absolute atomic E-state index is 5.69. The number of nitrogen functional groups attached to an aromatic ring is 1. The lowest BCUT2D eigenvalue weighted by atomic mass is 10.2. The van der Waals surface area contributed by atoms with Gasteiger partial charge in [0.15, 0.2) is 0 Å². The predicted molar refractivity (Wildman–Crippen MR) is 50.5 cm³/mol. The Kier molecular flexibility index (Phi) is 1.73. The number of aryl methyl sites for hydroxylation is 1. The van der Waals surface area contributed by atoms with Gasteiger partial charge in [0, 0.05) is 5.69 Å². The van der Waals surface area contributed by atoms with E-state index in [1.165, 1.54) is 0 Å². The van der Waals surface area contributed by atoms with Gasteiger partial charge in [-0.15, -0.1) is 0 Å². The Morgan fingerprint density at radius 3 is 2.54 bits per heavy atom. The van der Waals surface area contributed by atoms with Crippen LogP contribution in [0.5, 0.6) is 0 Å². The first kappa shape index (κ1) is 7.79. The molecule has 0 saturated carbocycles. The third-order valence-electron chi connectivity index (χ3n) is 1.90. The molecule has 0 radical (unpaired) electrons. The van der Waals surface area contributed by atoms with Crippen LogP contribution >= 0.6 is 0 Å². The lowest BCUT2D eigenvalue weighted by molar-refractivity contribution is 0.751. The largest absolute Gasteiger partial charge is 0.399 e. The summed E-state index contributed by atoms with van der Waals surface area (Å²) in [7, 11) is 0. The summed E-state index contributed by atoms with van der Waals surface area (Å²) in [6, 6.07) is 5.70. The summed E-state index contributed by atoms with van der Waals surface area (Å²) < 4.78 is 0. The molecule has 0 spiro atoms. The predicted octanol–water partition coefficient (Wildman–Crippen LogP) is 1.16. The van der Waals surface area contributed by atoms with Crippen LogP contribution < -0.4 is 5.73 Å². The lowest BCUT2D eigenvalue weighted by Crippen LogP contribution is -1.99. The van der Waals surface area contributed by atoms with Crippen LogP contribution in [0.1, 0.15) is 5.56 Å².